The molecule has 2 aromatic heterocycles. The largest absolute Gasteiger partial charge is 0.331 e. The maximum Gasteiger partial charge on any atom is 0.269 e. The van der Waals surface area contributed by atoms with E-state index in [1.165, 1.54) is 6.20 Å². The fraction of sp³-hybridized carbons (Fsp3) is 0.111. The number of nitrogens with one attached hydrogen (secondary N) is 1. The Morgan fingerprint density at radius 2 is 2.33 bits per heavy atom. The average molecular weight is 201 g/mol. The van der Waals surface area contributed by atoms with Gasteiger partial charge in [-0.1, -0.05) is 0 Å². The number of hydrogen-bond acceptors (Lipinski definition) is 4. The molecule has 15 heavy (non-hydrogen) atoms. The fourth-order valence-corrected chi connectivity index (χ4v) is 1.18. The second-order valence-corrected chi connectivity index (χ2v) is 2.95. The molecule has 0 spiro atoms. The minimum atomic E-state index is -0.453. The van der Waals surface area contributed by atoms with E-state index in [0.717, 1.165) is 0 Å². The topological polar surface area (TPSA) is 87.4 Å². The molecule has 0 radical (unpaired) electrons. The molecule has 6 nitrogen and oxygen atoms in total. The van der Waals surface area contributed by atoms with Crippen molar-refractivity contribution >= 4 is 0 Å². The Morgan fingerprint density at radius 3 is 2.87 bits per heavy atom. The lowest BCUT2D eigenvalue weighted by molar-refractivity contribution is 0.902. The summed E-state index contributed by atoms with van der Waals surface area (Å²) in [6.07, 6.45) is 4.59. The predicted octanol–water partition coefficient (Wildman–Crippen LogP) is 0.0421. The fourth-order valence-electron chi connectivity index (χ4n) is 1.18. The Labute approximate surface area is 84.9 Å². The maximum absolute atomic E-state index is 11.3. The molecule has 74 valence electrons. The van der Waals surface area contributed by atoms with Gasteiger partial charge in [-0.3, -0.25) is 4.79 Å². The van der Waals surface area contributed by atoms with Crippen LogP contribution >= 0.6 is 0 Å². The molecule has 0 saturated carbocycles. The molecule has 0 atom stereocenters. The minimum Gasteiger partial charge on any atom is -0.331 e. The highest BCUT2D eigenvalue weighted by Crippen LogP contribution is 2.08. The number of nitriles is 1. The number of aromatic amines is 1. The van der Waals surface area contributed by atoms with E-state index < -0.39 is 5.56 Å². The van der Waals surface area contributed by atoms with E-state index in [9.17, 15) is 4.79 Å². The van der Waals surface area contributed by atoms with Gasteiger partial charge in [0.15, 0.2) is 11.6 Å². The third-order valence-electron chi connectivity index (χ3n) is 1.95. The molecular formula is C9H7N5O. The number of hydrogen-bond donors (Lipinski definition) is 1. The Hall–Kier alpha value is -2.42. The van der Waals surface area contributed by atoms with Crippen molar-refractivity contribution in [1.29, 1.82) is 5.26 Å². The van der Waals surface area contributed by atoms with Crippen LogP contribution in [0.15, 0.2) is 23.4 Å². The Morgan fingerprint density at radius 1 is 1.53 bits per heavy atom. The molecule has 6 heteroatoms. The molecule has 1 N–H and O–H groups in total. The monoisotopic (exact) mass is 201 g/mol. The van der Waals surface area contributed by atoms with Crippen LogP contribution in [0.1, 0.15) is 5.56 Å². The van der Waals surface area contributed by atoms with Crippen molar-refractivity contribution in [2.24, 2.45) is 7.05 Å². The minimum absolute atomic E-state index is 0.00652. The lowest BCUT2D eigenvalue weighted by Gasteiger charge is -1.99. The highest BCUT2D eigenvalue weighted by atomic mass is 16.1. The molecule has 0 saturated heterocycles. The summed E-state index contributed by atoms with van der Waals surface area (Å²) in [5, 5.41) is 8.56. The molecule has 0 aliphatic carbocycles. The molecule has 2 heterocycles. The van der Waals surface area contributed by atoms with Crippen molar-refractivity contribution in [1.82, 2.24) is 19.5 Å². The van der Waals surface area contributed by atoms with Gasteiger partial charge in [0.1, 0.15) is 11.6 Å². The van der Waals surface area contributed by atoms with Crippen molar-refractivity contribution in [2.75, 3.05) is 0 Å². The first-order valence-corrected chi connectivity index (χ1v) is 4.19. The van der Waals surface area contributed by atoms with Crippen molar-refractivity contribution in [3.8, 4) is 17.7 Å². The van der Waals surface area contributed by atoms with E-state index in [1.54, 1.807) is 30.1 Å². The summed E-state index contributed by atoms with van der Waals surface area (Å²) in [4.78, 5) is 21.8. The molecule has 0 aliphatic heterocycles. The molecule has 0 amide bonds. The van der Waals surface area contributed by atoms with Crippen molar-refractivity contribution < 1.29 is 0 Å². The van der Waals surface area contributed by atoms with Gasteiger partial charge in [-0.2, -0.15) is 5.26 Å². The van der Waals surface area contributed by atoms with E-state index in [1.807, 2.05) is 0 Å². The van der Waals surface area contributed by atoms with E-state index >= 15 is 0 Å². The SMILES string of the molecule is Cn1ccnc1-c1ncc(C#N)c(=O)[nH]1. The Kier molecular flexibility index (Phi) is 2.06. The van der Waals surface area contributed by atoms with Crippen LogP contribution in [0, 0.1) is 11.3 Å². The molecule has 0 unspecified atom stereocenters. The van der Waals surface area contributed by atoms with Crippen LogP contribution in [0.4, 0.5) is 0 Å². The van der Waals surface area contributed by atoms with E-state index in [4.69, 9.17) is 5.26 Å². The summed E-state index contributed by atoms with van der Waals surface area (Å²) in [5.41, 5.74) is -0.460. The Bertz CT molecular complexity index is 589. The van der Waals surface area contributed by atoms with Gasteiger partial charge >= 0.3 is 0 Å². The highest BCUT2D eigenvalue weighted by molar-refractivity contribution is 5.43. The van der Waals surface area contributed by atoms with E-state index in [2.05, 4.69) is 15.0 Å². The summed E-state index contributed by atoms with van der Waals surface area (Å²) < 4.78 is 1.73. The van der Waals surface area contributed by atoms with E-state index in [0.29, 0.717) is 11.6 Å². The zero-order valence-electron chi connectivity index (χ0n) is 7.93. The third kappa shape index (κ3) is 1.50. The first kappa shape index (κ1) is 9.15. The van der Waals surface area contributed by atoms with Crippen LogP contribution in [-0.4, -0.2) is 19.5 Å². The van der Waals surface area contributed by atoms with Gasteiger partial charge in [-0.25, -0.2) is 9.97 Å². The van der Waals surface area contributed by atoms with Crippen LogP contribution in [0.5, 0.6) is 0 Å². The van der Waals surface area contributed by atoms with Crippen molar-refractivity contribution in [3.63, 3.8) is 0 Å². The second kappa shape index (κ2) is 3.38. The summed E-state index contributed by atoms with van der Waals surface area (Å²) in [5.74, 6) is 0.906. The number of H-pyrrole nitrogens is 1. The Balaban J connectivity index is 2.58. The first-order valence-electron chi connectivity index (χ1n) is 4.19. The zero-order valence-corrected chi connectivity index (χ0v) is 7.93. The van der Waals surface area contributed by atoms with Gasteiger partial charge in [0.25, 0.3) is 5.56 Å². The van der Waals surface area contributed by atoms with E-state index in [-0.39, 0.29) is 5.56 Å². The van der Waals surface area contributed by atoms with Crippen molar-refractivity contribution in [3.05, 3.63) is 34.5 Å². The standard InChI is InChI=1S/C9H7N5O/c1-14-3-2-11-8(14)7-12-5-6(4-10)9(15)13-7/h2-3,5H,1H3,(H,12,13,15). The summed E-state index contributed by atoms with van der Waals surface area (Å²) in [7, 11) is 1.79. The quantitative estimate of drug-likeness (QED) is 0.705. The second-order valence-electron chi connectivity index (χ2n) is 2.95. The lowest BCUT2D eigenvalue weighted by Crippen LogP contribution is -2.13. The summed E-state index contributed by atoms with van der Waals surface area (Å²) in [6.45, 7) is 0. The molecule has 2 aromatic rings. The van der Waals surface area contributed by atoms with Crippen molar-refractivity contribution in [2.45, 2.75) is 0 Å². The van der Waals surface area contributed by atoms with Crippen LogP contribution in [-0.2, 0) is 7.05 Å². The molecular weight excluding hydrogens is 194 g/mol. The number of aryl methyl sites for hydroxylation is 1. The van der Waals surface area contributed by atoms with Crippen LogP contribution in [0.3, 0.4) is 0 Å². The van der Waals surface area contributed by atoms with Gasteiger partial charge < -0.3 is 9.55 Å². The lowest BCUT2D eigenvalue weighted by atomic mass is 10.3. The van der Waals surface area contributed by atoms with Crippen LogP contribution in [0.2, 0.25) is 0 Å². The highest BCUT2D eigenvalue weighted by Gasteiger charge is 2.07. The smallest absolute Gasteiger partial charge is 0.269 e. The van der Waals surface area contributed by atoms with Gasteiger partial charge in [0.05, 0.1) is 6.20 Å². The van der Waals surface area contributed by atoms with Gasteiger partial charge in [-0.15, -0.1) is 0 Å². The average Bonchev–Trinajstić information content (AvgIpc) is 2.64. The van der Waals surface area contributed by atoms with Gasteiger partial charge in [0.2, 0.25) is 0 Å². The first-order chi connectivity index (χ1) is 7.22. The summed E-state index contributed by atoms with van der Waals surface area (Å²) >= 11 is 0. The van der Waals surface area contributed by atoms with Crippen LogP contribution < -0.4 is 5.56 Å². The zero-order chi connectivity index (χ0) is 10.8. The van der Waals surface area contributed by atoms with Crippen LogP contribution in [0.25, 0.3) is 11.6 Å². The normalized spacial score (nSPS) is 9.87. The molecule has 2 rings (SSSR count). The third-order valence-corrected chi connectivity index (χ3v) is 1.95. The summed E-state index contributed by atoms with van der Waals surface area (Å²) in [6, 6.07) is 1.75. The number of rotatable bonds is 1. The number of nitrogens with zero attached hydrogens (tertiary/aromatic N) is 4. The number of imidazole rings is 1. The predicted molar refractivity (Wildman–Crippen MR) is 51.8 cm³/mol. The number of aromatic nitrogens is 4. The molecule has 0 aliphatic rings. The maximum atomic E-state index is 11.3. The molecule has 0 fully saturated rings. The molecule has 0 bridgehead atoms. The van der Waals surface area contributed by atoms with Gasteiger partial charge in [-0.05, 0) is 0 Å². The van der Waals surface area contributed by atoms with Gasteiger partial charge in [0, 0.05) is 19.4 Å². The molecule has 0 aromatic carbocycles.